The molecule has 13 heavy (non-hydrogen) atoms. The molecule has 78 valence electrons. The fraction of sp³-hybridized carbons (Fsp3) is 0.875. The number of aliphatic hydroxyl groups is 3. The van der Waals surface area contributed by atoms with E-state index in [2.05, 4.69) is 4.74 Å². The molecule has 0 radical (unpaired) electrons. The lowest BCUT2D eigenvalue weighted by Gasteiger charge is -2.14. The Labute approximate surface area is 77.0 Å². The molecule has 0 spiro atoms. The Morgan fingerprint density at radius 1 is 1.38 bits per heavy atom. The summed E-state index contributed by atoms with van der Waals surface area (Å²) in [6.45, 7) is -0.473. The average molecular weight is 192 g/mol. The van der Waals surface area contributed by atoms with Gasteiger partial charge in [0, 0.05) is 6.42 Å². The minimum atomic E-state index is -1.13. The van der Waals surface area contributed by atoms with Crippen LogP contribution in [-0.2, 0) is 9.53 Å². The van der Waals surface area contributed by atoms with Crippen LogP contribution in [0.3, 0.4) is 0 Å². The molecule has 0 aliphatic rings. The van der Waals surface area contributed by atoms with E-state index >= 15 is 0 Å². The van der Waals surface area contributed by atoms with Gasteiger partial charge in [-0.05, 0) is 12.8 Å². The highest BCUT2D eigenvalue weighted by Crippen LogP contribution is 2.05. The van der Waals surface area contributed by atoms with Crippen LogP contribution >= 0.6 is 0 Å². The third kappa shape index (κ3) is 5.57. The molecule has 0 amide bonds. The zero-order chi connectivity index (χ0) is 10.3. The van der Waals surface area contributed by atoms with Gasteiger partial charge in [-0.2, -0.15) is 0 Å². The van der Waals surface area contributed by atoms with Gasteiger partial charge in [-0.15, -0.1) is 0 Å². The largest absolute Gasteiger partial charge is 0.469 e. The van der Waals surface area contributed by atoms with Crippen molar-refractivity contribution in [1.29, 1.82) is 0 Å². The number of carbonyl (C=O) groups excluding carboxylic acids is 1. The molecule has 0 rings (SSSR count). The molecule has 0 saturated carbocycles. The first-order chi connectivity index (χ1) is 6.11. The van der Waals surface area contributed by atoms with Crippen molar-refractivity contribution < 1.29 is 24.9 Å². The highest BCUT2D eigenvalue weighted by molar-refractivity contribution is 5.68. The third-order valence-corrected chi connectivity index (χ3v) is 1.74. The van der Waals surface area contributed by atoms with E-state index in [1.54, 1.807) is 0 Å². The van der Waals surface area contributed by atoms with Crippen LogP contribution in [-0.4, -0.2) is 47.2 Å². The lowest BCUT2D eigenvalue weighted by atomic mass is 10.1. The quantitative estimate of drug-likeness (QED) is 0.472. The molecule has 0 aromatic heterocycles. The van der Waals surface area contributed by atoms with Gasteiger partial charge in [-0.3, -0.25) is 4.79 Å². The maximum atomic E-state index is 10.6. The van der Waals surface area contributed by atoms with E-state index < -0.39 is 18.8 Å². The van der Waals surface area contributed by atoms with Crippen molar-refractivity contribution >= 4 is 5.97 Å². The number of aliphatic hydroxyl groups excluding tert-OH is 3. The molecule has 2 atom stereocenters. The summed E-state index contributed by atoms with van der Waals surface area (Å²) >= 11 is 0. The summed E-state index contributed by atoms with van der Waals surface area (Å²) in [4.78, 5) is 10.6. The Hall–Kier alpha value is -0.650. The van der Waals surface area contributed by atoms with Crippen molar-refractivity contribution in [3.8, 4) is 0 Å². The van der Waals surface area contributed by atoms with Crippen LogP contribution in [0, 0.1) is 0 Å². The second kappa shape index (κ2) is 6.82. The smallest absolute Gasteiger partial charge is 0.305 e. The van der Waals surface area contributed by atoms with Gasteiger partial charge in [0.15, 0.2) is 0 Å². The Morgan fingerprint density at radius 2 is 2.00 bits per heavy atom. The van der Waals surface area contributed by atoms with Crippen molar-refractivity contribution in [3.63, 3.8) is 0 Å². The standard InChI is InChI=1S/C8H16O5/c1-13-8(12)4-2-3-6(10)7(11)5-9/h6-7,9-11H,2-5H2,1H3/t6-,7-/m1/s1. The van der Waals surface area contributed by atoms with E-state index in [0.29, 0.717) is 6.42 Å². The van der Waals surface area contributed by atoms with Gasteiger partial charge in [0.25, 0.3) is 0 Å². The van der Waals surface area contributed by atoms with Crippen molar-refractivity contribution in [1.82, 2.24) is 0 Å². The fourth-order valence-corrected chi connectivity index (χ4v) is 0.872. The number of hydrogen-bond acceptors (Lipinski definition) is 5. The number of methoxy groups -OCH3 is 1. The molecule has 0 aliphatic heterocycles. The summed E-state index contributed by atoms with van der Waals surface area (Å²) in [5, 5.41) is 26.5. The zero-order valence-electron chi connectivity index (χ0n) is 7.64. The molecule has 5 heteroatoms. The van der Waals surface area contributed by atoms with E-state index in [1.807, 2.05) is 0 Å². The number of hydrogen-bond donors (Lipinski definition) is 3. The van der Waals surface area contributed by atoms with Gasteiger partial charge in [0.1, 0.15) is 6.10 Å². The van der Waals surface area contributed by atoms with E-state index in [0.717, 1.165) is 0 Å². The van der Waals surface area contributed by atoms with Crippen molar-refractivity contribution in [3.05, 3.63) is 0 Å². The highest BCUT2D eigenvalue weighted by Gasteiger charge is 2.14. The zero-order valence-corrected chi connectivity index (χ0v) is 7.64. The van der Waals surface area contributed by atoms with Gasteiger partial charge >= 0.3 is 5.97 Å². The number of esters is 1. The van der Waals surface area contributed by atoms with Crippen LogP contribution in [0.4, 0.5) is 0 Å². The van der Waals surface area contributed by atoms with Gasteiger partial charge in [0.2, 0.25) is 0 Å². The SMILES string of the molecule is COC(=O)CCC[C@@H](O)[C@H](O)CO. The van der Waals surface area contributed by atoms with Crippen LogP contribution in [0.25, 0.3) is 0 Å². The monoisotopic (exact) mass is 192 g/mol. The highest BCUT2D eigenvalue weighted by atomic mass is 16.5. The second-order valence-corrected chi connectivity index (χ2v) is 2.79. The molecule has 0 bridgehead atoms. The van der Waals surface area contributed by atoms with Crippen LogP contribution in [0.2, 0.25) is 0 Å². The summed E-state index contributed by atoms with van der Waals surface area (Å²) < 4.78 is 4.39. The minimum Gasteiger partial charge on any atom is -0.469 e. The van der Waals surface area contributed by atoms with E-state index in [-0.39, 0.29) is 18.8 Å². The molecular weight excluding hydrogens is 176 g/mol. The van der Waals surface area contributed by atoms with Gasteiger partial charge in [0.05, 0.1) is 19.8 Å². The molecule has 0 unspecified atom stereocenters. The molecule has 3 N–H and O–H groups in total. The maximum absolute atomic E-state index is 10.6. The molecule has 0 saturated heterocycles. The van der Waals surface area contributed by atoms with E-state index in [1.165, 1.54) is 7.11 Å². The van der Waals surface area contributed by atoms with Gasteiger partial charge < -0.3 is 20.1 Å². The lowest BCUT2D eigenvalue weighted by molar-refractivity contribution is -0.140. The van der Waals surface area contributed by atoms with Crippen molar-refractivity contribution in [2.45, 2.75) is 31.5 Å². The first-order valence-corrected chi connectivity index (χ1v) is 4.15. The normalized spacial score (nSPS) is 15.1. The van der Waals surface area contributed by atoms with Crippen LogP contribution < -0.4 is 0 Å². The molecule has 0 heterocycles. The molecule has 0 aliphatic carbocycles. The predicted molar refractivity (Wildman–Crippen MR) is 45.0 cm³/mol. The van der Waals surface area contributed by atoms with Crippen LogP contribution in [0.5, 0.6) is 0 Å². The number of ether oxygens (including phenoxy) is 1. The van der Waals surface area contributed by atoms with Crippen molar-refractivity contribution in [2.24, 2.45) is 0 Å². The number of rotatable bonds is 6. The summed E-state index contributed by atoms with van der Waals surface area (Å²) in [5.74, 6) is -0.342. The summed E-state index contributed by atoms with van der Waals surface area (Å²) in [5.41, 5.74) is 0. The Kier molecular flexibility index (Phi) is 6.48. The van der Waals surface area contributed by atoms with Crippen molar-refractivity contribution in [2.75, 3.05) is 13.7 Å². The minimum absolute atomic E-state index is 0.214. The maximum Gasteiger partial charge on any atom is 0.305 e. The summed E-state index contributed by atoms with van der Waals surface area (Å²) in [7, 11) is 1.29. The molecule has 0 aromatic carbocycles. The Morgan fingerprint density at radius 3 is 2.46 bits per heavy atom. The number of carbonyl (C=O) groups is 1. The van der Waals surface area contributed by atoms with Gasteiger partial charge in [-0.25, -0.2) is 0 Å². The molecule has 0 aromatic rings. The molecule has 0 fully saturated rings. The van der Waals surface area contributed by atoms with E-state index in [9.17, 15) is 4.79 Å². The summed E-state index contributed by atoms with van der Waals surface area (Å²) in [6, 6.07) is 0. The lowest BCUT2D eigenvalue weighted by Crippen LogP contribution is -2.29. The topological polar surface area (TPSA) is 87.0 Å². The van der Waals surface area contributed by atoms with Crippen LogP contribution in [0.15, 0.2) is 0 Å². The average Bonchev–Trinajstić information content (AvgIpc) is 2.15. The van der Waals surface area contributed by atoms with Crippen LogP contribution in [0.1, 0.15) is 19.3 Å². The Balaban J connectivity index is 3.47. The third-order valence-electron chi connectivity index (χ3n) is 1.74. The molecular formula is C8H16O5. The first kappa shape index (κ1) is 12.3. The summed E-state index contributed by atoms with van der Waals surface area (Å²) in [6.07, 6.45) is -1.18. The predicted octanol–water partition coefficient (Wildman–Crippen LogP) is -0.956. The first-order valence-electron chi connectivity index (χ1n) is 4.15. The van der Waals surface area contributed by atoms with E-state index in [4.69, 9.17) is 15.3 Å². The fourth-order valence-electron chi connectivity index (χ4n) is 0.872. The Bertz CT molecular complexity index is 147. The van der Waals surface area contributed by atoms with Gasteiger partial charge in [-0.1, -0.05) is 0 Å². The second-order valence-electron chi connectivity index (χ2n) is 2.79. The molecule has 5 nitrogen and oxygen atoms in total.